The van der Waals surface area contributed by atoms with Crippen LogP contribution in [0.4, 0.5) is 27.8 Å². The zero-order chi connectivity index (χ0) is 27.6. The quantitative estimate of drug-likeness (QED) is 0.273. The van der Waals surface area contributed by atoms with E-state index in [9.17, 15) is 22.4 Å². The zero-order valence-corrected chi connectivity index (χ0v) is 22.2. The van der Waals surface area contributed by atoms with Gasteiger partial charge >= 0.3 is 11.9 Å². The minimum atomic E-state index is -4.73. The van der Waals surface area contributed by atoms with Gasteiger partial charge in [-0.15, -0.1) is 0 Å². The monoisotopic (exact) mass is 590 g/mol. The van der Waals surface area contributed by atoms with Gasteiger partial charge in [-0.25, -0.2) is 13.6 Å². The van der Waals surface area contributed by atoms with Gasteiger partial charge in [-0.3, -0.25) is 4.57 Å². The molecule has 3 aliphatic rings. The number of alkyl halides is 3. The molecule has 0 aliphatic carbocycles. The van der Waals surface area contributed by atoms with Crippen LogP contribution in [0.5, 0.6) is 0 Å². The number of fused-ring (bicyclic) bond motifs is 2. The number of nitrogens with one attached hydrogen (secondary N) is 1. The van der Waals surface area contributed by atoms with E-state index in [0.717, 1.165) is 18.2 Å². The highest BCUT2D eigenvalue weighted by molar-refractivity contribution is 8.17. The molecule has 3 aliphatic heterocycles. The summed E-state index contributed by atoms with van der Waals surface area (Å²) in [6.45, 7) is 1.61. The number of morpholine rings is 1. The van der Waals surface area contributed by atoms with E-state index < -0.39 is 46.1 Å². The molecule has 2 bridgehead atoms. The number of methoxy groups -OCH3 is 1. The van der Waals surface area contributed by atoms with Gasteiger partial charge in [-0.2, -0.15) is 29.1 Å². The highest BCUT2D eigenvalue weighted by atomic mass is 35.5. The van der Waals surface area contributed by atoms with Gasteiger partial charge < -0.3 is 19.7 Å². The van der Waals surface area contributed by atoms with Gasteiger partial charge in [0, 0.05) is 59.3 Å². The number of ether oxygens (including phenoxy) is 2. The number of rotatable bonds is 3. The Morgan fingerprint density at radius 2 is 1.79 bits per heavy atom. The number of hydrogen-bond acceptors (Lipinski definition) is 6. The van der Waals surface area contributed by atoms with Crippen LogP contribution in [0.2, 0.25) is 5.02 Å². The van der Waals surface area contributed by atoms with Gasteiger partial charge in [0.05, 0.1) is 42.0 Å². The first-order chi connectivity index (χ1) is 18.5. The molecular formula is C25H24ClF5N4O3S. The second-order valence-electron chi connectivity index (χ2n) is 9.91. The fourth-order valence-electron chi connectivity index (χ4n) is 5.59. The molecule has 4 atom stereocenters. The molecule has 7 nitrogen and oxygen atoms in total. The van der Waals surface area contributed by atoms with Gasteiger partial charge in [-0.05, 0) is 18.2 Å². The summed E-state index contributed by atoms with van der Waals surface area (Å²) in [6, 6.07) is 3.54. The summed E-state index contributed by atoms with van der Waals surface area (Å²) in [5.74, 6) is -1.67. The van der Waals surface area contributed by atoms with Gasteiger partial charge in [0.15, 0.2) is 0 Å². The summed E-state index contributed by atoms with van der Waals surface area (Å²) in [5.41, 5.74) is -1.35. The maximum Gasteiger partial charge on any atom is 0.416 e. The Labute approximate surface area is 227 Å². The van der Waals surface area contributed by atoms with Crippen LogP contribution in [-0.2, 0) is 22.2 Å². The van der Waals surface area contributed by atoms with E-state index in [1.807, 2.05) is 4.90 Å². The van der Waals surface area contributed by atoms with Crippen LogP contribution >= 0.6 is 22.5 Å². The van der Waals surface area contributed by atoms with Crippen molar-refractivity contribution in [3.05, 3.63) is 57.0 Å². The van der Waals surface area contributed by atoms with Crippen LogP contribution in [0.3, 0.4) is 0 Å². The average Bonchev–Trinajstić information content (AvgIpc) is 3.05. The van der Waals surface area contributed by atoms with E-state index in [1.54, 1.807) is 0 Å². The first-order valence-electron chi connectivity index (χ1n) is 12.2. The van der Waals surface area contributed by atoms with Crippen molar-refractivity contribution in [2.24, 2.45) is 0 Å². The molecule has 39 heavy (non-hydrogen) atoms. The molecule has 6 rings (SSSR count). The molecule has 3 aromatic rings. The SMILES string of the molecule is CO[C@H]1Cn2c(=O)nc(N3CC4COCC(C3)N4)c3cc(C(F)(F)F)cc(c32)[SH](c2cc(Cl)c(F)cc2F)C1. The minimum absolute atomic E-state index is 0.00744. The smallest absolute Gasteiger partial charge is 0.379 e. The highest BCUT2D eigenvalue weighted by Gasteiger charge is 2.38. The van der Waals surface area contributed by atoms with Crippen LogP contribution in [0.1, 0.15) is 5.56 Å². The summed E-state index contributed by atoms with van der Waals surface area (Å²) in [5, 5.41) is 3.20. The van der Waals surface area contributed by atoms with Crippen molar-refractivity contribution < 1.29 is 31.4 Å². The second-order valence-corrected chi connectivity index (χ2v) is 12.5. The van der Waals surface area contributed by atoms with E-state index in [2.05, 4.69) is 10.3 Å². The molecule has 1 aromatic heterocycles. The van der Waals surface area contributed by atoms with Gasteiger partial charge in [0.2, 0.25) is 0 Å². The predicted molar refractivity (Wildman–Crippen MR) is 137 cm³/mol. The lowest BCUT2D eigenvalue weighted by atomic mass is 10.1. The van der Waals surface area contributed by atoms with Crippen molar-refractivity contribution in [3.63, 3.8) is 0 Å². The van der Waals surface area contributed by atoms with E-state index in [1.165, 1.54) is 11.7 Å². The largest absolute Gasteiger partial charge is 0.416 e. The van der Waals surface area contributed by atoms with Crippen molar-refractivity contribution in [1.82, 2.24) is 14.9 Å². The molecule has 2 saturated heterocycles. The third-order valence-electron chi connectivity index (χ3n) is 7.33. The third-order valence-corrected chi connectivity index (χ3v) is 10.2. The number of aromatic nitrogens is 2. The Balaban J connectivity index is 1.65. The Kier molecular flexibility index (Phi) is 6.78. The fraction of sp³-hybridized carbons (Fsp3) is 0.440. The fourth-order valence-corrected chi connectivity index (χ4v) is 8.56. The van der Waals surface area contributed by atoms with Crippen molar-refractivity contribution in [1.29, 1.82) is 0 Å². The van der Waals surface area contributed by atoms with Crippen molar-refractivity contribution in [2.45, 2.75) is 40.7 Å². The molecule has 14 heteroatoms. The standard InChI is InChI=1S/C25H24ClF5N4O3S/c1-37-15-8-35-22-16(23(33-24(35)36)34-6-13-9-38-10-14(7-34)32-13)2-12(25(29,30)31)3-21(22)39(11-15)20-4-17(26)18(27)5-19(20)28/h2-5,13-15,32,39H,6-11H2,1H3/t13?,14?,15-/m0/s1. The second kappa shape index (κ2) is 9.88. The topological polar surface area (TPSA) is 68.6 Å². The van der Waals surface area contributed by atoms with E-state index >= 15 is 4.39 Å². The van der Waals surface area contributed by atoms with Gasteiger partial charge in [-0.1, -0.05) is 11.6 Å². The Hall–Kier alpha value is -2.45. The molecule has 3 unspecified atom stereocenters. The molecule has 4 heterocycles. The number of hydrogen-bond donors (Lipinski definition) is 2. The number of nitrogens with zero attached hydrogens (tertiary/aromatic N) is 3. The minimum Gasteiger partial charge on any atom is -0.379 e. The average molecular weight is 591 g/mol. The van der Waals surface area contributed by atoms with E-state index in [4.69, 9.17) is 21.1 Å². The van der Waals surface area contributed by atoms with Crippen LogP contribution in [0.25, 0.3) is 10.9 Å². The lowest BCUT2D eigenvalue weighted by Crippen LogP contribution is -2.63. The molecule has 210 valence electrons. The normalized spacial score (nSPS) is 26.1. The molecule has 0 saturated carbocycles. The summed E-state index contributed by atoms with van der Waals surface area (Å²) in [6.07, 6.45) is -5.38. The number of halogens is 6. The molecule has 0 spiro atoms. The lowest BCUT2D eigenvalue weighted by Gasteiger charge is -2.43. The lowest BCUT2D eigenvalue weighted by molar-refractivity contribution is -0.137. The van der Waals surface area contributed by atoms with Crippen LogP contribution < -0.4 is 15.9 Å². The summed E-state index contributed by atoms with van der Waals surface area (Å²) >= 11 is 5.99. The van der Waals surface area contributed by atoms with Gasteiger partial charge in [0.1, 0.15) is 17.5 Å². The summed E-state index contributed by atoms with van der Waals surface area (Å²) < 4.78 is 84.5. The molecule has 1 N–H and O–H groups in total. The molecule has 0 amide bonds. The Morgan fingerprint density at radius 1 is 1.08 bits per heavy atom. The van der Waals surface area contributed by atoms with Gasteiger partial charge in [0.25, 0.3) is 0 Å². The summed E-state index contributed by atoms with van der Waals surface area (Å²) in [4.78, 5) is 19.6. The molecule has 0 radical (unpaired) electrons. The number of benzene rings is 2. The van der Waals surface area contributed by atoms with Crippen LogP contribution in [0, 0.1) is 11.6 Å². The Bertz CT molecular complexity index is 1510. The zero-order valence-electron chi connectivity index (χ0n) is 20.6. The molecule has 2 aromatic carbocycles. The number of thiol groups is 1. The van der Waals surface area contributed by atoms with E-state index in [0.29, 0.717) is 32.4 Å². The summed E-state index contributed by atoms with van der Waals surface area (Å²) in [7, 11) is -0.486. The van der Waals surface area contributed by atoms with Crippen molar-refractivity contribution >= 4 is 39.2 Å². The molecular weight excluding hydrogens is 567 g/mol. The van der Waals surface area contributed by atoms with Crippen LogP contribution in [0.15, 0.2) is 38.9 Å². The first kappa shape index (κ1) is 26.8. The first-order valence-corrected chi connectivity index (χ1v) is 14.1. The number of anilines is 1. The molecule has 2 fully saturated rings. The predicted octanol–water partition coefficient (Wildman–Crippen LogP) is 3.97. The van der Waals surface area contributed by atoms with Crippen LogP contribution in [-0.4, -0.2) is 66.9 Å². The maximum atomic E-state index is 15.2. The number of piperazine rings is 1. The van der Waals surface area contributed by atoms with Crippen molar-refractivity contribution in [2.75, 3.05) is 44.1 Å². The Morgan fingerprint density at radius 3 is 2.46 bits per heavy atom. The van der Waals surface area contributed by atoms with E-state index in [-0.39, 0.29) is 55.9 Å². The maximum absolute atomic E-state index is 15.2. The third kappa shape index (κ3) is 4.77. The highest BCUT2D eigenvalue weighted by Crippen LogP contribution is 2.53. The van der Waals surface area contributed by atoms with Crippen molar-refractivity contribution in [3.8, 4) is 0 Å².